The van der Waals surface area contributed by atoms with E-state index in [4.69, 9.17) is 4.74 Å². The monoisotopic (exact) mass is 306 g/mol. The number of allylic oxidation sites excluding steroid dienone is 1. The molecule has 1 aromatic carbocycles. The van der Waals surface area contributed by atoms with Crippen LogP contribution in [0.4, 0.5) is 0 Å². The van der Waals surface area contributed by atoms with Crippen LogP contribution >= 0.6 is 12.4 Å². The van der Waals surface area contributed by atoms with Gasteiger partial charge < -0.3 is 9.30 Å². The van der Waals surface area contributed by atoms with Crippen LogP contribution in [0, 0.1) is 0 Å². The number of nitrogens with zero attached hydrogens (tertiary/aromatic N) is 2. The molecule has 4 heteroatoms. The molecule has 0 aliphatic carbocycles. The van der Waals surface area contributed by atoms with Crippen LogP contribution in [-0.4, -0.2) is 16.2 Å². The van der Waals surface area contributed by atoms with Crippen LogP contribution in [0.5, 0.6) is 5.75 Å². The van der Waals surface area contributed by atoms with Crippen molar-refractivity contribution in [1.82, 2.24) is 9.55 Å². The molecular weight excluding hydrogens is 284 g/mol. The van der Waals surface area contributed by atoms with Gasteiger partial charge in [-0.1, -0.05) is 39.0 Å². The Balaban J connectivity index is 0.00000220. The van der Waals surface area contributed by atoms with Crippen LogP contribution < -0.4 is 4.74 Å². The van der Waals surface area contributed by atoms with E-state index in [0.717, 1.165) is 12.3 Å². The Kier molecular flexibility index (Phi) is 6.50. The van der Waals surface area contributed by atoms with Crippen molar-refractivity contribution in [1.29, 1.82) is 0 Å². The summed E-state index contributed by atoms with van der Waals surface area (Å²) in [7, 11) is 0. The Bertz CT molecular complexity index is 556. The molecule has 21 heavy (non-hydrogen) atoms. The molecule has 2 rings (SSSR count). The summed E-state index contributed by atoms with van der Waals surface area (Å²) in [6.07, 6.45) is 9.64. The lowest BCUT2D eigenvalue weighted by molar-refractivity contribution is 0.361. The van der Waals surface area contributed by atoms with Crippen molar-refractivity contribution >= 4 is 12.4 Å². The molecule has 1 aromatic heterocycles. The first-order chi connectivity index (χ1) is 9.55. The molecule has 0 aliphatic rings. The van der Waals surface area contributed by atoms with Crippen molar-refractivity contribution in [3.63, 3.8) is 0 Å². The van der Waals surface area contributed by atoms with Crippen molar-refractivity contribution in [2.45, 2.75) is 32.7 Å². The molecule has 0 N–H and O–H groups in total. The predicted octanol–water partition coefficient (Wildman–Crippen LogP) is 4.24. The van der Waals surface area contributed by atoms with Gasteiger partial charge in [-0.15, -0.1) is 12.4 Å². The first-order valence-corrected chi connectivity index (χ1v) is 6.90. The molecule has 0 aliphatic heterocycles. The quantitative estimate of drug-likeness (QED) is 0.773. The van der Waals surface area contributed by atoms with Crippen LogP contribution in [0.15, 0.2) is 55.1 Å². The molecule has 0 saturated heterocycles. The second-order valence-electron chi connectivity index (χ2n) is 5.82. The molecule has 0 bridgehead atoms. The third-order valence-corrected chi connectivity index (χ3v) is 3.09. The Hall–Kier alpha value is -1.74. The highest BCUT2D eigenvalue weighted by molar-refractivity contribution is 5.85. The lowest BCUT2D eigenvalue weighted by Crippen LogP contribution is -2.10. The summed E-state index contributed by atoms with van der Waals surface area (Å²) in [5, 5.41) is 0. The SMILES string of the molecule is CC(C)(C)c1cccc(OC/C=C/Cn2ccnc2)c1.Cl. The smallest absolute Gasteiger partial charge is 0.120 e. The fourth-order valence-electron chi connectivity index (χ4n) is 1.86. The Labute approximate surface area is 133 Å². The zero-order chi connectivity index (χ0) is 14.4. The van der Waals surface area contributed by atoms with Crippen LogP contribution in [0.1, 0.15) is 26.3 Å². The normalized spacial score (nSPS) is 11.4. The average Bonchev–Trinajstić information content (AvgIpc) is 2.91. The lowest BCUT2D eigenvalue weighted by Gasteiger charge is -2.19. The van der Waals surface area contributed by atoms with Crippen molar-refractivity contribution in [2.75, 3.05) is 6.61 Å². The van der Waals surface area contributed by atoms with Crippen molar-refractivity contribution in [3.8, 4) is 5.75 Å². The van der Waals surface area contributed by atoms with E-state index in [-0.39, 0.29) is 17.8 Å². The summed E-state index contributed by atoms with van der Waals surface area (Å²) in [4.78, 5) is 4.00. The standard InChI is InChI=1S/C17H22N2O.ClH/c1-17(2,3)15-7-6-8-16(13-15)20-12-5-4-10-19-11-9-18-14-19;/h4-9,11,13-14H,10,12H2,1-3H3;1H/b5-4+;. The van der Waals surface area contributed by atoms with Crippen molar-refractivity contribution in [3.05, 3.63) is 60.7 Å². The van der Waals surface area contributed by atoms with E-state index in [9.17, 15) is 0 Å². The maximum Gasteiger partial charge on any atom is 0.120 e. The summed E-state index contributed by atoms with van der Waals surface area (Å²) in [6.45, 7) is 8.03. The van der Waals surface area contributed by atoms with E-state index >= 15 is 0 Å². The van der Waals surface area contributed by atoms with Crippen molar-refractivity contribution < 1.29 is 4.74 Å². The molecule has 0 spiro atoms. The third kappa shape index (κ3) is 5.64. The summed E-state index contributed by atoms with van der Waals surface area (Å²) in [6, 6.07) is 8.30. The lowest BCUT2D eigenvalue weighted by atomic mass is 9.87. The van der Waals surface area contributed by atoms with Crippen LogP contribution in [-0.2, 0) is 12.0 Å². The third-order valence-electron chi connectivity index (χ3n) is 3.09. The highest BCUT2D eigenvalue weighted by Gasteiger charge is 2.13. The van der Waals surface area contributed by atoms with E-state index in [1.807, 2.05) is 29.0 Å². The number of hydrogen-bond donors (Lipinski definition) is 0. The molecule has 0 atom stereocenters. The fourth-order valence-corrected chi connectivity index (χ4v) is 1.86. The fraction of sp³-hybridized carbons (Fsp3) is 0.353. The first kappa shape index (κ1) is 17.3. The van der Waals surface area contributed by atoms with Gasteiger partial charge in [0.1, 0.15) is 12.4 Å². The van der Waals surface area contributed by atoms with Gasteiger partial charge in [0, 0.05) is 18.9 Å². The number of rotatable bonds is 5. The number of imidazole rings is 1. The summed E-state index contributed by atoms with van der Waals surface area (Å²) in [5.74, 6) is 0.921. The van der Waals surface area contributed by atoms with E-state index in [0.29, 0.717) is 6.61 Å². The Morgan fingerprint density at radius 3 is 2.71 bits per heavy atom. The Morgan fingerprint density at radius 2 is 2.05 bits per heavy atom. The second kappa shape index (κ2) is 7.89. The van der Waals surface area contributed by atoms with E-state index < -0.39 is 0 Å². The molecule has 2 aromatic rings. The van der Waals surface area contributed by atoms with Gasteiger partial charge in [0.25, 0.3) is 0 Å². The van der Waals surface area contributed by atoms with Gasteiger partial charge in [0.05, 0.1) is 6.33 Å². The first-order valence-electron chi connectivity index (χ1n) is 6.90. The van der Waals surface area contributed by atoms with Crippen LogP contribution in [0.3, 0.4) is 0 Å². The average molecular weight is 307 g/mol. The topological polar surface area (TPSA) is 27.1 Å². The van der Waals surface area contributed by atoms with Gasteiger partial charge >= 0.3 is 0 Å². The maximum absolute atomic E-state index is 5.75. The molecule has 114 valence electrons. The minimum Gasteiger partial charge on any atom is -0.490 e. The maximum atomic E-state index is 5.75. The number of aromatic nitrogens is 2. The minimum atomic E-state index is 0. The summed E-state index contributed by atoms with van der Waals surface area (Å²) < 4.78 is 7.76. The highest BCUT2D eigenvalue weighted by atomic mass is 35.5. The molecule has 0 unspecified atom stereocenters. The Morgan fingerprint density at radius 1 is 1.24 bits per heavy atom. The summed E-state index contributed by atoms with van der Waals surface area (Å²) in [5.41, 5.74) is 1.44. The zero-order valence-corrected chi connectivity index (χ0v) is 13.6. The number of hydrogen-bond acceptors (Lipinski definition) is 2. The van der Waals surface area contributed by atoms with Crippen LogP contribution in [0.2, 0.25) is 0 Å². The largest absolute Gasteiger partial charge is 0.490 e. The molecule has 0 radical (unpaired) electrons. The number of benzene rings is 1. The minimum absolute atomic E-state index is 0. The van der Waals surface area contributed by atoms with Gasteiger partial charge in [-0.25, -0.2) is 4.98 Å². The van der Waals surface area contributed by atoms with Crippen LogP contribution in [0.25, 0.3) is 0 Å². The van der Waals surface area contributed by atoms with Crippen molar-refractivity contribution in [2.24, 2.45) is 0 Å². The van der Waals surface area contributed by atoms with Gasteiger partial charge in [-0.3, -0.25) is 0 Å². The van der Waals surface area contributed by atoms with E-state index in [1.165, 1.54) is 5.56 Å². The zero-order valence-electron chi connectivity index (χ0n) is 12.8. The molecule has 0 amide bonds. The second-order valence-corrected chi connectivity index (χ2v) is 5.82. The molecule has 1 heterocycles. The van der Waals surface area contributed by atoms with E-state index in [2.05, 4.69) is 44.0 Å². The number of halogens is 1. The van der Waals surface area contributed by atoms with Gasteiger partial charge in [-0.05, 0) is 29.2 Å². The molecule has 3 nitrogen and oxygen atoms in total. The van der Waals surface area contributed by atoms with Gasteiger partial charge in [0.15, 0.2) is 0 Å². The predicted molar refractivity (Wildman–Crippen MR) is 89.3 cm³/mol. The molecule has 0 saturated carbocycles. The van der Waals surface area contributed by atoms with Gasteiger partial charge in [0.2, 0.25) is 0 Å². The number of ether oxygens (including phenoxy) is 1. The van der Waals surface area contributed by atoms with Gasteiger partial charge in [-0.2, -0.15) is 0 Å². The van der Waals surface area contributed by atoms with E-state index in [1.54, 1.807) is 12.5 Å². The summed E-state index contributed by atoms with van der Waals surface area (Å²) >= 11 is 0. The highest BCUT2D eigenvalue weighted by Crippen LogP contribution is 2.25. The molecule has 0 fully saturated rings. The molecular formula is C17H23ClN2O.